The van der Waals surface area contributed by atoms with Crippen LogP contribution in [0.1, 0.15) is 35.8 Å². The molecule has 0 saturated carbocycles. The van der Waals surface area contributed by atoms with E-state index in [9.17, 15) is 4.79 Å². The lowest BCUT2D eigenvalue weighted by Gasteiger charge is -2.08. The van der Waals surface area contributed by atoms with Gasteiger partial charge >= 0.3 is 5.97 Å². The fraction of sp³-hybridized carbons (Fsp3) is 0.312. The van der Waals surface area contributed by atoms with Crippen molar-refractivity contribution in [2.75, 3.05) is 11.9 Å². The maximum absolute atomic E-state index is 11.9. The molecule has 0 spiro atoms. The summed E-state index contributed by atoms with van der Waals surface area (Å²) in [5, 5.41) is 3.10. The number of rotatable bonds is 7. The van der Waals surface area contributed by atoms with Crippen molar-refractivity contribution < 1.29 is 9.53 Å². The molecule has 1 heterocycles. The summed E-state index contributed by atoms with van der Waals surface area (Å²) in [6.07, 6.45) is 1.82. The second-order valence-corrected chi connectivity index (χ2v) is 5.54. The second-order valence-electron chi connectivity index (χ2n) is 4.73. The Labute approximate surface area is 138 Å². The first-order chi connectivity index (χ1) is 10.7. The molecule has 1 aromatic heterocycles. The van der Waals surface area contributed by atoms with Crippen molar-refractivity contribution in [2.45, 2.75) is 26.3 Å². The third-order valence-electron chi connectivity index (χ3n) is 2.93. The maximum atomic E-state index is 11.9. The molecule has 0 atom stereocenters. The van der Waals surface area contributed by atoms with Gasteiger partial charge in [-0.05, 0) is 27.9 Å². The van der Waals surface area contributed by atoms with Crippen molar-refractivity contribution in [3.63, 3.8) is 0 Å². The minimum Gasteiger partial charge on any atom is -0.461 e. The van der Waals surface area contributed by atoms with Crippen LogP contribution in [-0.2, 0) is 11.3 Å². The van der Waals surface area contributed by atoms with E-state index >= 15 is 0 Å². The van der Waals surface area contributed by atoms with Crippen LogP contribution in [0.2, 0.25) is 0 Å². The van der Waals surface area contributed by atoms with Crippen LogP contribution in [0, 0.1) is 0 Å². The monoisotopic (exact) mass is 363 g/mol. The molecule has 0 unspecified atom stereocenters. The first-order valence-electron chi connectivity index (χ1n) is 7.18. The lowest BCUT2D eigenvalue weighted by molar-refractivity contribution is 0.0492. The molecule has 116 valence electrons. The molecule has 0 aliphatic heterocycles. The highest BCUT2D eigenvalue weighted by molar-refractivity contribution is 9.10. The van der Waals surface area contributed by atoms with Crippen LogP contribution in [0.25, 0.3) is 0 Å². The molecule has 5 nitrogen and oxygen atoms in total. The number of esters is 1. The summed E-state index contributed by atoms with van der Waals surface area (Å²) in [6, 6.07) is 11.5. The van der Waals surface area contributed by atoms with Crippen molar-refractivity contribution in [1.29, 1.82) is 0 Å². The van der Waals surface area contributed by atoms with Gasteiger partial charge in [-0.15, -0.1) is 0 Å². The van der Waals surface area contributed by atoms with Crippen LogP contribution in [0.4, 0.5) is 5.95 Å². The average molecular weight is 364 g/mol. The van der Waals surface area contributed by atoms with Gasteiger partial charge < -0.3 is 10.1 Å². The van der Waals surface area contributed by atoms with Crippen molar-refractivity contribution >= 4 is 27.8 Å². The van der Waals surface area contributed by atoms with Crippen LogP contribution in [0.5, 0.6) is 0 Å². The summed E-state index contributed by atoms with van der Waals surface area (Å²) < 4.78 is 5.71. The molecule has 0 saturated heterocycles. The molecule has 1 aromatic carbocycles. The van der Waals surface area contributed by atoms with Gasteiger partial charge in [0.15, 0.2) is 5.69 Å². The molecule has 0 aliphatic carbocycles. The van der Waals surface area contributed by atoms with E-state index in [0.717, 1.165) is 18.4 Å². The predicted molar refractivity (Wildman–Crippen MR) is 88.7 cm³/mol. The van der Waals surface area contributed by atoms with E-state index in [1.165, 1.54) is 0 Å². The second kappa shape index (κ2) is 8.48. The number of nitrogens with one attached hydrogen (secondary N) is 1. The topological polar surface area (TPSA) is 64.1 Å². The minimum atomic E-state index is -0.431. The lowest BCUT2D eigenvalue weighted by atomic mass is 10.2. The Hall–Kier alpha value is -1.95. The van der Waals surface area contributed by atoms with E-state index in [-0.39, 0.29) is 5.69 Å². The predicted octanol–water partition coefficient (Wildman–Crippen LogP) is 3.81. The van der Waals surface area contributed by atoms with Crippen molar-refractivity contribution in [1.82, 2.24) is 9.97 Å². The zero-order valence-electron chi connectivity index (χ0n) is 12.4. The average Bonchev–Trinajstić information content (AvgIpc) is 2.53. The molecule has 0 amide bonds. The van der Waals surface area contributed by atoms with Gasteiger partial charge in [0.1, 0.15) is 4.60 Å². The third-order valence-corrected chi connectivity index (χ3v) is 3.33. The summed E-state index contributed by atoms with van der Waals surface area (Å²) >= 11 is 3.29. The number of carbonyl (C=O) groups is 1. The molecule has 0 bridgehead atoms. The Morgan fingerprint density at radius 2 is 2.05 bits per heavy atom. The molecule has 6 heteroatoms. The highest BCUT2D eigenvalue weighted by Crippen LogP contribution is 2.13. The number of unbranched alkanes of at least 4 members (excludes halogenated alkanes) is 1. The molecule has 0 radical (unpaired) electrons. The molecule has 22 heavy (non-hydrogen) atoms. The van der Waals surface area contributed by atoms with E-state index in [4.69, 9.17) is 4.74 Å². The van der Waals surface area contributed by atoms with Crippen LogP contribution in [0.15, 0.2) is 41.0 Å². The van der Waals surface area contributed by atoms with E-state index in [1.54, 1.807) is 6.07 Å². The Morgan fingerprint density at radius 3 is 2.77 bits per heavy atom. The smallest absolute Gasteiger partial charge is 0.357 e. The highest BCUT2D eigenvalue weighted by Gasteiger charge is 2.12. The number of ether oxygens (including phenoxy) is 1. The van der Waals surface area contributed by atoms with Crippen LogP contribution in [-0.4, -0.2) is 22.5 Å². The molecule has 2 aromatic rings. The molecular formula is C16H18BrN3O2. The number of anilines is 1. The normalized spacial score (nSPS) is 10.3. The zero-order chi connectivity index (χ0) is 15.8. The first-order valence-corrected chi connectivity index (χ1v) is 7.98. The minimum absolute atomic E-state index is 0.244. The number of carbonyl (C=O) groups excluding carboxylic acids is 1. The zero-order valence-corrected chi connectivity index (χ0v) is 14.0. The number of nitrogens with zero attached hydrogens (tertiary/aromatic N) is 2. The van der Waals surface area contributed by atoms with Crippen LogP contribution >= 0.6 is 15.9 Å². The van der Waals surface area contributed by atoms with Gasteiger partial charge in [0, 0.05) is 12.6 Å². The van der Waals surface area contributed by atoms with Gasteiger partial charge in [-0.3, -0.25) is 0 Å². The summed E-state index contributed by atoms with van der Waals surface area (Å²) in [4.78, 5) is 20.4. The van der Waals surface area contributed by atoms with Gasteiger partial charge in [-0.1, -0.05) is 43.7 Å². The summed E-state index contributed by atoms with van der Waals surface area (Å²) in [7, 11) is 0. The number of halogens is 1. The highest BCUT2D eigenvalue weighted by atomic mass is 79.9. The summed E-state index contributed by atoms with van der Waals surface area (Å²) in [5.41, 5.74) is 1.35. The van der Waals surface area contributed by atoms with E-state index < -0.39 is 5.97 Å². The number of hydrogen-bond acceptors (Lipinski definition) is 5. The van der Waals surface area contributed by atoms with Crippen molar-refractivity contribution in [2.24, 2.45) is 0 Å². The third kappa shape index (κ3) is 5.11. The van der Waals surface area contributed by atoms with Gasteiger partial charge in [-0.2, -0.15) is 0 Å². The van der Waals surface area contributed by atoms with Crippen molar-refractivity contribution in [3.8, 4) is 0 Å². The Balaban J connectivity index is 2.01. The van der Waals surface area contributed by atoms with Crippen LogP contribution in [0.3, 0.4) is 0 Å². The SMILES string of the molecule is CCCCOC(=O)c1cc(Br)nc(NCc2ccccc2)n1. The van der Waals surface area contributed by atoms with Crippen LogP contribution < -0.4 is 5.32 Å². The van der Waals surface area contributed by atoms with Gasteiger partial charge in [0.2, 0.25) is 5.95 Å². The summed E-state index contributed by atoms with van der Waals surface area (Å²) in [6.45, 7) is 3.03. The number of aromatic nitrogens is 2. The molecular weight excluding hydrogens is 346 g/mol. The first kappa shape index (κ1) is 16.4. The standard InChI is InChI=1S/C16H18BrN3O2/c1-2-3-9-22-15(21)13-10-14(17)20-16(19-13)18-11-12-7-5-4-6-8-12/h4-8,10H,2-3,9,11H2,1H3,(H,18,19,20). The maximum Gasteiger partial charge on any atom is 0.357 e. The quantitative estimate of drug-likeness (QED) is 0.460. The lowest BCUT2D eigenvalue weighted by Crippen LogP contribution is -2.12. The molecule has 2 rings (SSSR count). The number of benzene rings is 1. The largest absolute Gasteiger partial charge is 0.461 e. The summed E-state index contributed by atoms with van der Waals surface area (Å²) in [5.74, 6) is -0.0417. The Kier molecular flexibility index (Phi) is 6.33. The Bertz CT molecular complexity index is 620. The van der Waals surface area contributed by atoms with Gasteiger partial charge in [0.05, 0.1) is 6.61 Å². The van der Waals surface area contributed by atoms with E-state index in [2.05, 4.69) is 31.2 Å². The van der Waals surface area contributed by atoms with Gasteiger partial charge in [-0.25, -0.2) is 14.8 Å². The fourth-order valence-electron chi connectivity index (χ4n) is 1.76. The number of hydrogen-bond donors (Lipinski definition) is 1. The molecule has 0 aliphatic rings. The fourth-order valence-corrected chi connectivity index (χ4v) is 2.15. The van der Waals surface area contributed by atoms with Crippen molar-refractivity contribution in [3.05, 3.63) is 52.3 Å². The van der Waals surface area contributed by atoms with E-state index in [0.29, 0.717) is 23.7 Å². The van der Waals surface area contributed by atoms with E-state index in [1.807, 2.05) is 37.3 Å². The molecule has 1 N–H and O–H groups in total. The molecule has 0 fully saturated rings. The Morgan fingerprint density at radius 1 is 1.27 bits per heavy atom. The van der Waals surface area contributed by atoms with Gasteiger partial charge in [0.25, 0.3) is 0 Å².